The highest BCUT2D eigenvalue weighted by Crippen LogP contribution is 2.29. The molecule has 3 N–H and O–H groups in total. The van der Waals surface area contributed by atoms with Gasteiger partial charge in [0.25, 0.3) is 0 Å². The van der Waals surface area contributed by atoms with E-state index in [0.29, 0.717) is 11.5 Å². The maximum atomic E-state index is 9.54. The van der Waals surface area contributed by atoms with Crippen LogP contribution >= 0.6 is 0 Å². The van der Waals surface area contributed by atoms with E-state index in [0.717, 1.165) is 54.5 Å². The quantitative estimate of drug-likeness (QED) is 0.652. The molecule has 3 aromatic rings. The Bertz CT molecular complexity index is 964. The fourth-order valence-corrected chi connectivity index (χ4v) is 3.17. The molecule has 1 aliphatic heterocycles. The normalized spacial score (nSPS) is 14.0. The summed E-state index contributed by atoms with van der Waals surface area (Å²) in [7, 11) is 1.78. The lowest BCUT2D eigenvalue weighted by molar-refractivity contribution is 0.585. The average Bonchev–Trinajstić information content (AvgIpc) is 3.19. The SMILES string of the molecule is CNc1ncc(-c2cc(-c3cc(C#N)c(N4CCNCC4)[nH]3)ccn2)cn1. The minimum atomic E-state index is 0.568. The van der Waals surface area contributed by atoms with E-state index < -0.39 is 0 Å². The van der Waals surface area contributed by atoms with Crippen LogP contribution in [0.5, 0.6) is 0 Å². The lowest BCUT2D eigenvalue weighted by Gasteiger charge is -2.28. The van der Waals surface area contributed by atoms with E-state index in [1.807, 2.05) is 18.2 Å². The molecule has 0 saturated carbocycles. The lowest BCUT2D eigenvalue weighted by atomic mass is 10.1. The third-order valence-corrected chi connectivity index (χ3v) is 4.59. The Morgan fingerprint density at radius 1 is 1.11 bits per heavy atom. The number of piperazine rings is 1. The van der Waals surface area contributed by atoms with E-state index in [2.05, 4.69) is 41.5 Å². The van der Waals surface area contributed by atoms with Crippen molar-refractivity contribution in [2.24, 2.45) is 0 Å². The fraction of sp³-hybridized carbons (Fsp3) is 0.263. The molecule has 136 valence electrons. The smallest absolute Gasteiger partial charge is 0.222 e. The summed E-state index contributed by atoms with van der Waals surface area (Å²) in [6, 6.07) is 8.12. The number of aromatic amines is 1. The fourth-order valence-electron chi connectivity index (χ4n) is 3.17. The molecule has 0 aromatic carbocycles. The summed E-state index contributed by atoms with van der Waals surface area (Å²) in [6.45, 7) is 3.60. The van der Waals surface area contributed by atoms with Crippen LogP contribution in [-0.4, -0.2) is 53.2 Å². The molecule has 0 atom stereocenters. The van der Waals surface area contributed by atoms with Crippen LogP contribution in [0.2, 0.25) is 0 Å². The lowest BCUT2D eigenvalue weighted by Crippen LogP contribution is -2.44. The van der Waals surface area contributed by atoms with Crippen molar-refractivity contribution in [1.82, 2.24) is 25.3 Å². The molecule has 4 rings (SSSR count). The molecule has 0 radical (unpaired) electrons. The molecule has 4 heterocycles. The Labute approximate surface area is 157 Å². The Balaban J connectivity index is 1.67. The first-order valence-electron chi connectivity index (χ1n) is 8.84. The van der Waals surface area contributed by atoms with Crippen LogP contribution in [-0.2, 0) is 0 Å². The van der Waals surface area contributed by atoms with Crippen LogP contribution in [0, 0.1) is 11.3 Å². The van der Waals surface area contributed by atoms with E-state index >= 15 is 0 Å². The van der Waals surface area contributed by atoms with Crippen LogP contribution in [0.3, 0.4) is 0 Å². The predicted molar refractivity (Wildman–Crippen MR) is 104 cm³/mol. The van der Waals surface area contributed by atoms with Crippen LogP contribution < -0.4 is 15.5 Å². The van der Waals surface area contributed by atoms with E-state index in [4.69, 9.17) is 0 Å². The van der Waals surface area contributed by atoms with Crippen molar-refractivity contribution >= 4 is 11.8 Å². The first kappa shape index (κ1) is 17.0. The van der Waals surface area contributed by atoms with Crippen LogP contribution in [0.4, 0.5) is 11.8 Å². The van der Waals surface area contributed by atoms with Gasteiger partial charge >= 0.3 is 0 Å². The summed E-state index contributed by atoms with van der Waals surface area (Å²) in [4.78, 5) is 18.6. The molecule has 8 nitrogen and oxygen atoms in total. The number of hydrogen-bond acceptors (Lipinski definition) is 7. The summed E-state index contributed by atoms with van der Waals surface area (Å²) in [5.41, 5.74) is 4.15. The van der Waals surface area contributed by atoms with Crippen molar-refractivity contribution < 1.29 is 0 Å². The zero-order valence-electron chi connectivity index (χ0n) is 15.0. The van der Waals surface area contributed by atoms with Gasteiger partial charge in [-0.1, -0.05) is 0 Å². The zero-order valence-corrected chi connectivity index (χ0v) is 15.0. The highest BCUT2D eigenvalue weighted by Gasteiger charge is 2.18. The maximum Gasteiger partial charge on any atom is 0.222 e. The standard InChI is InChI=1S/C19H20N8/c1-21-19-24-11-15(12-25-19)16-8-13(2-3-23-16)17-9-14(10-20)18(26-17)27-6-4-22-5-7-27/h2-3,8-9,11-12,22,26H,4-7H2,1H3,(H,21,24,25). The predicted octanol–water partition coefficient (Wildman–Crippen LogP) is 1.86. The number of anilines is 2. The first-order valence-corrected chi connectivity index (χ1v) is 8.84. The minimum Gasteiger partial charge on any atom is -0.357 e. The van der Waals surface area contributed by atoms with E-state index in [9.17, 15) is 5.26 Å². The molecule has 0 bridgehead atoms. The number of nitrogens with one attached hydrogen (secondary N) is 3. The molecular formula is C19H20N8. The summed E-state index contributed by atoms with van der Waals surface area (Å²) in [6.07, 6.45) is 5.24. The van der Waals surface area contributed by atoms with Gasteiger partial charge in [-0.3, -0.25) is 4.98 Å². The molecule has 8 heteroatoms. The van der Waals surface area contributed by atoms with Gasteiger partial charge in [0.1, 0.15) is 11.9 Å². The molecule has 1 aliphatic rings. The molecule has 0 spiro atoms. The van der Waals surface area contributed by atoms with Crippen molar-refractivity contribution in [3.8, 4) is 28.6 Å². The van der Waals surface area contributed by atoms with Crippen LogP contribution in [0.25, 0.3) is 22.5 Å². The summed E-state index contributed by atoms with van der Waals surface area (Å²) < 4.78 is 0. The van der Waals surface area contributed by atoms with Gasteiger partial charge in [-0.15, -0.1) is 0 Å². The highest BCUT2D eigenvalue weighted by molar-refractivity contribution is 5.72. The number of nitriles is 1. The van der Waals surface area contributed by atoms with Crippen molar-refractivity contribution in [2.45, 2.75) is 0 Å². The second-order valence-corrected chi connectivity index (χ2v) is 6.27. The highest BCUT2D eigenvalue weighted by atomic mass is 15.2. The van der Waals surface area contributed by atoms with Gasteiger partial charge in [0.2, 0.25) is 5.95 Å². The largest absolute Gasteiger partial charge is 0.357 e. The van der Waals surface area contributed by atoms with Crippen molar-refractivity contribution in [2.75, 3.05) is 43.4 Å². The van der Waals surface area contributed by atoms with Gasteiger partial charge < -0.3 is 20.5 Å². The van der Waals surface area contributed by atoms with Gasteiger partial charge in [-0.2, -0.15) is 5.26 Å². The molecule has 0 aliphatic carbocycles. The first-order chi connectivity index (χ1) is 13.3. The second-order valence-electron chi connectivity index (χ2n) is 6.27. The Morgan fingerprint density at radius 2 is 1.89 bits per heavy atom. The van der Waals surface area contributed by atoms with Gasteiger partial charge in [0.15, 0.2) is 0 Å². The average molecular weight is 360 g/mol. The molecule has 27 heavy (non-hydrogen) atoms. The van der Waals surface area contributed by atoms with E-state index in [1.165, 1.54) is 0 Å². The van der Waals surface area contributed by atoms with Gasteiger partial charge in [0.05, 0.1) is 11.3 Å². The number of nitrogens with zero attached hydrogens (tertiary/aromatic N) is 5. The second kappa shape index (κ2) is 7.43. The van der Waals surface area contributed by atoms with Gasteiger partial charge in [-0.05, 0) is 18.2 Å². The van der Waals surface area contributed by atoms with Crippen LogP contribution in [0.15, 0.2) is 36.8 Å². The maximum absolute atomic E-state index is 9.54. The van der Waals surface area contributed by atoms with Gasteiger partial charge in [0, 0.05) is 68.6 Å². The van der Waals surface area contributed by atoms with E-state index in [1.54, 1.807) is 25.6 Å². The Morgan fingerprint density at radius 3 is 2.59 bits per heavy atom. The molecule has 3 aromatic heterocycles. The third kappa shape index (κ3) is 3.45. The molecule has 1 saturated heterocycles. The minimum absolute atomic E-state index is 0.568. The third-order valence-electron chi connectivity index (χ3n) is 4.59. The molecule has 0 amide bonds. The molecule has 1 fully saturated rings. The number of H-pyrrole nitrogens is 1. The summed E-state index contributed by atoms with van der Waals surface area (Å²) in [5, 5.41) is 15.8. The zero-order chi connectivity index (χ0) is 18.6. The summed E-state index contributed by atoms with van der Waals surface area (Å²) in [5.74, 6) is 1.45. The number of hydrogen-bond donors (Lipinski definition) is 3. The Kier molecular flexibility index (Phi) is 4.68. The van der Waals surface area contributed by atoms with Crippen molar-refractivity contribution in [3.63, 3.8) is 0 Å². The molecular weight excluding hydrogens is 340 g/mol. The van der Waals surface area contributed by atoms with Gasteiger partial charge in [-0.25, -0.2) is 9.97 Å². The number of rotatable bonds is 4. The van der Waals surface area contributed by atoms with Crippen molar-refractivity contribution in [3.05, 3.63) is 42.4 Å². The summed E-state index contributed by atoms with van der Waals surface area (Å²) >= 11 is 0. The monoisotopic (exact) mass is 360 g/mol. The Hall–Kier alpha value is -3.44. The topological polar surface area (TPSA) is 106 Å². The number of aromatic nitrogens is 4. The van der Waals surface area contributed by atoms with Crippen LogP contribution in [0.1, 0.15) is 5.56 Å². The molecule has 0 unspecified atom stereocenters. The van der Waals surface area contributed by atoms with E-state index in [-0.39, 0.29) is 0 Å². The number of pyridine rings is 1. The van der Waals surface area contributed by atoms with Crippen molar-refractivity contribution in [1.29, 1.82) is 5.26 Å².